The SMILES string of the molecule is CCC(C)[C@@H](NC1=CC(=O)C(NC(C)=O)=CC1=O)C(=O)O. The van der Waals surface area contributed by atoms with E-state index in [1.807, 2.05) is 6.92 Å². The highest BCUT2D eigenvalue weighted by atomic mass is 16.4. The number of amides is 1. The summed E-state index contributed by atoms with van der Waals surface area (Å²) < 4.78 is 0. The van der Waals surface area contributed by atoms with Gasteiger partial charge in [-0.25, -0.2) is 4.79 Å². The van der Waals surface area contributed by atoms with Crippen molar-refractivity contribution in [1.82, 2.24) is 10.6 Å². The van der Waals surface area contributed by atoms with Gasteiger partial charge in [0.05, 0.1) is 11.4 Å². The van der Waals surface area contributed by atoms with Crippen LogP contribution in [0.3, 0.4) is 0 Å². The first-order chi connectivity index (χ1) is 9.76. The van der Waals surface area contributed by atoms with Crippen LogP contribution in [-0.4, -0.2) is 34.6 Å². The highest BCUT2D eigenvalue weighted by molar-refractivity contribution is 6.20. The van der Waals surface area contributed by atoms with Crippen LogP contribution in [0.4, 0.5) is 0 Å². The molecular weight excluding hydrogens is 276 g/mol. The first-order valence-corrected chi connectivity index (χ1v) is 6.55. The minimum atomic E-state index is -1.10. The van der Waals surface area contributed by atoms with Gasteiger partial charge in [0, 0.05) is 19.1 Å². The third-order valence-corrected chi connectivity index (χ3v) is 3.18. The number of allylic oxidation sites excluding steroid dienone is 2. The van der Waals surface area contributed by atoms with Gasteiger partial charge in [-0.1, -0.05) is 20.3 Å². The molecule has 0 spiro atoms. The smallest absolute Gasteiger partial charge is 0.326 e. The fourth-order valence-electron chi connectivity index (χ4n) is 1.81. The van der Waals surface area contributed by atoms with Crippen LogP contribution in [0.2, 0.25) is 0 Å². The van der Waals surface area contributed by atoms with Gasteiger partial charge in [-0.15, -0.1) is 0 Å². The number of aliphatic carboxylic acids is 1. The Labute approximate surface area is 122 Å². The van der Waals surface area contributed by atoms with E-state index in [4.69, 9.17) is 0 Å². The van der Waals surface area contributed by atoms with Crippen LogP contribution in [0.15, 0.2) is 23.5 Å². The Kier molecular flexibility index (Phi) is 5.40. The average Bonchev–Trinajstić information content (AvgIpc) is 2.39. The topological polar surface area (TPSA) is 113 Å². The van der Waals surface area contributed by atoms with Gasteiger partial charge >= 0.3 is 5.97 Å². The monoisotopic (exact) mass is 294 g/mol. The maximum atomic E-state index is 11.9. The molecule has 3 N–H and O–H groups in total. The highest BCUT2D eigenvalue weighted by Crippen LogP contribution is 2.13. The van der Waals surface area contributed by atoms with Crippen molar-refractivity contribution in [2.24, 2.45) is 5.92 Å². The lowest BCUT2D eigenvalue weighted by Gasteiger charge is -2.23. The summed E-state index contributed by atoms with van der Waals surface area (Å²) in [4.78, 5) is 45.8. The summed E-state index contributed by atoms with van der Waals surface area (Å²) in [7, 11) is 0. The highest BCUT2D eigenvalue weighted by Gasteiger charge is 2.28. The Morgan fingerprint density at radius 2 is 1.71 bits per heavy atom. The van der Waals surface area contributed by atoms with Crippen LogP contribution in [0, 0.1) is 5.92 Å². The Balaban J connectivity index is 2.91. The first-order valence-electron chi connectivity index (χ1n) is 6.55. The van der Waals surface area contributed by atoms with E-state index in [1.165, 1.54) is 6.92 Å². The van der Waals surface area contributed by atoms with Crippen molar-refractivity contribution in [3.05, 3.63) is 23.5 Å². The molecular formula is C14H18N2O5. The molecule has 0 aromatic rings. The van der Waals surface area contributed by atoms with E-state index in [2.05, 4.69) is 10.6 Å². The molecule has 1 unspecified atom stereocenters. The summed E-state index contributed by atoms with van der Waals surface area (Å²) >= 11 is 0. The van der Waals surface area contributed by atoms with E-state index < -0.39 is 29.5 Å². The second-order valence-electron chi connectivity index (χ2n) is 4.87. The normalized spacial score (nSPS) is 17.5. The summed E-state index contributed by atoms with van der Waals surface area (Å²) in [5, 5.41) is 14.0. The second-order valence-corrected chi connectivity index (χ2v) is 4.87. The maximum absolute atomic E-state index is 11.9. The van der Waals surface area contributed by atoms with Crippen LogP contribution in [0.5, 0.6) is 0 Å². The minimum absolute atomic E-state index is 0.0817. The average molecular weight is 294 g/mol. The molecule has 0 bridgehead atoms. The molecule has 114 valence electrons. The summed E-state index contributed by atoms with van der Waals surface area (Å²) in [5.74, 6) is -2.88. The van der Waals surface area contributed by atoms with Crippen molar-refractivity contribution in [3.63, 3.8) is 0 Å². The Bertz CT molecular complexity index is 548. The van der Waals surface area contributed by atoms with Crippen LogP contribution >= 0.6 is 0 Å². The molecule has 0 aliphatic heterocycles. The molecule has 0 radical (unpaired) electrons. The van der Waals surface area contributed by atoms with Gasteiger partial charge in [0.1, 0.15) is 6.04 Å². The fraction of sp³-hybridized carbons (Fsp3) is 0.429. The van der Waals surface area contributed by atoms with Crippen molar-refractivity contribution in [2.75, 3.05) is 0 Å². The Morgan fingerprint density at radius 1 is 1.19 bits per heavy atom. The number of nitrogens with one attached hydrogen (secondary N) is 2. The lowest BCUT2D eigenvalue weighted by Crippen LogP contribution is -2.44. The number of carbonyl (C=O) groups excluding carboxylic acids is 3. The predicted molar refractivity (Wildman–Crippen MR) is 74.0 cm³/mol. The van der Waals surface area contributed by atoms with Gasteiger partial charge in [0.25, 0.3) is 0 Å². The summed E-state index contributed by atoms with van der Waals surface area (Å²) in [6.45, 7) is 4.79. The molecule has 1 aliphatic rings. The number of rotatable bonds is 6. The lowest BCUT2D eigenvalue weighted by molar-refractivity contribution is -0.140. The largest absolute Gasteiger partial charge is 0.480 e. The number of carbonyl (C=O) groups is 4. The predicted octanol–water partition coefficient (Wildman–Crippen LogP) is 0.131. The molecule has 0 aromatic carbocycles. The van der Waals surface area contributed by atoms with E-state index in [0.29, 0.717) is 6.42 Å². The quantitative estimate of drug-likeness (QED) is 0.600. The molecule has 0 aromatic heterocycles. The van der Waals surface area contributed by atoms with Crippen molar-refractivity contribution < 1.29 is 24.3 Å². The van der Waals surface area contributed by atoms with Crippen LogP contribution in [0.25, 0.3) is 0 Å². The molecule has 7 heteroatoms. The van der Waals surface area contributed by atoms with E-state index in [1.54, 1.807) is 6.92 Å². The van der Waals surface area contributed by atoms with Crippen molar-refractivity contribution >= 4 is 23.4 Å². The molecule has 1 rings (SSSR count). The molecule has 2 atom stereocenters. The first kappa shape index (κ1) is 16.6. The van der Waals surface area contributed by atoms with Gasteiger partial charge in [-0.2, -0.15) is 0 Å². The van der Waals surface area contributed by atoms with E-state index in [9.17, 15) is 24.3 Å². The van der Waals surface area contributed by atoms with Crippen molar-refractivity contribution in [3.8, 4) is 0 Å². The van der Waals surface area contributed by atoms with Crippen LogP contribution < -0.4 is 10.6 Å². The summed E-state index contributed by atoms with van der Waals surface area (Å²) in [5.41, 5.74) is -0.199. The molecule has 1 aliphatic carbocycles. The van der Waals surface area contributed by atoms with E-state index >= 15 is 0 Å². The van der Waals surface area contributed by atoms with E-state index in [0.717, 1.165) is 12.2 Å². The molecule has 0 saturated carbocycles. The summed E-state index contributed by atoms with van der Waals surface area (Å²) in [6.07, 6.45) is 2.60. The summed E-state index contributed by atoms with van der Waals surface area (Å²) in [6, 6.07) is -0.964. The molecule has 0 fully saturated rings. The van der Waals surface area contributed by atoms with Crippen molar-refractivity contribution in [2.45, 2.75) is 33.2 Å². The number of ketones is 2. The molecule has 0 heterocycles. The van der Waals surface area contributed by atoms with Gasteiger partial charge in [0.15, 0.2) is 0 Å². The number of hydrogen-bond donors (Lipinski definition) is 3. The maximum Gasteiger partial charge on any atom is 0.326 e. The van der Waals surface area contributed by atoms with E-state index in [-0.39, 0.29) is 17.3 Å². The Morgan fingerprint density at radius 3 is 2.19 bits per heavy atom. The lowest BCUT2D eigenvalue weighted by atomic mass is 9.97. The van der Waals surface area contributed by atoms with Gasteiger partial charge in [-0.05, 0) is 5.92 Å². The standard InChI is InChI=1S/C14H18N2O5/c1-4-7(2)13(14(20)21)16-10-6-11(18)9(5-12(10)19)15-8(3)17/h5-7,13,16H,4H2,1-3H3,(H,15,17)(H,20,21)/t7?,13-/m1/s1. The van der Waals surface area contributed by atoms with Crippen LogP contribution in [-0.2, 0) is 19.2 Å². The number of hydrogen-bond acceptors (Lipinski definition) is 5. The zero-order chi connectivity index (χ0) is 16.2. The third kappa shape index (κ3) is 4.27. The molecule has 21 heavy (non-hydrogen) atoms. The molecule has 1 amide bonds. The minimum Gasteiger partial charge on any atom is -0.480 e. The zero-order valence-electron chi connectivity index (χ0n) is 12.1. The van der Waals surface area contributed by atoms with Crippen LogP contribution in [0.1, 0.15) is 27.2 Å². The van der Waals surface area contributed by atoms with Gasteiger partial charge in [0.2, 0.25) is 17.5 Å². The van der Waals surface area contributed by atoms with Gasteiger partial charge in [-0.3, -0.25) is 14.4 Å². The Hall–Kier alpha value is -2.44. The zero-order valence-corrected chi connectivity index (χ0v) is 12.1. The number of carboxylic acids is 1. The molecule has 7 nitrogen and oxygen atoms in total. The van der Waals surface area contributed by atoms with Crippen molar-refractivity contribution in [1.29, 1.82) is 0 Å². The fourth-order valence-corrected chi connectivity index (χ4v) is 1.81. The molecule has 0 saturated heterocycles. The van der Waals surface area contributed by atoms with Gasteiger partial charge < -0.3 is 15.7 Å². The third-order valence-electron chi connectivity index (χ3n) is 3.18. The number of carboxylic acid groups (broad SMARTS) is 1. The second kappa shape index (κ2) is 6.83.